The average Bonchev–Trinajstić information content (AvgIpc) is 2.54. The van der Waals surface area contributed by atoms with E-state index in [0.29, 0.717) is 18.1 Å². The lowest BCUT2D eigenvalue weighted by atomic mass is 9.99. The van der Waals surface area contributed by atoms with Gasteiger partial charge in [0.25, 0.3) is 5.91 Å². The van der Waals surface area contributed by atoms with Crippen LogP contribution in [-0.2, 0) is 20.8 Å². The molecule has 0 radical (unpaired) electrons. The van der Waals surface area contributed by atoms with Crippen LogP contribution in [0.4, 0.5) is 0 Å². The number of rotatable bonds is 5. The summed E-state index contributed by atoms with van der Waals surface area (Å²) in [7, 11) is 1.45. The Labute approximate surface area is 132 Å². The molecule has 0 bridgehead atoms. The van der Waals surface area contributed by atoms with Gasteiger partial charge in [0.15, 0.2) is 6.29 Å². The number of carbonyl (C=O) groups is 5. The Morgan fingerprint density at radius 3 is 2.70 bits per heavy atom. The minimum Gasteiger partial charge on any atom is -0.330 e. The van der Waals surface area contributed by atoms with Gasteiger partial charge in [-0.05, 0) is 18.1 Å². The quantitative estimate of drug-likeness (QED) is 0.614. The first-order valence-corrected chi connectivity index (χ1v) is 7.10. The molecule has 1 aliphatic heterocycles. The first-order chi connectivity index (χ1) is 11.0. The van der Waals surface area contributed by atoms with Gasteiger partial charge < -0.3 is 9.69 Å². The predicted octanol–water partition coefficient (Wildman–Crippen LogP) is 0.118. The van der Waals surface area contributed by atoms with E-state index in [0.717, 1.165) is 0 Å². The van der Waals surface area contributed by atoms with Crippen LogP contribution >= 0.6 is 0 Å². The minimum atomic E-state index is -0.769. The molecule has 0 aromatic heterocycles. The van der Waals surface area contributed by atoms with Crippen molar-refractivity contribution in [2.24, 2.45) is 0 Å². The maximum atomic E-state index is 12.6. The molecule has 0 saturated carbocycles. The fourth-order valence-electron chi connectivity index (χ4n) is 2.50. The van der Waals surface area contributed by atoms with E-state index in [2.05, 4.69) is 5.32 Å². The molecule has 7 nitrogen and oxygen atoms in total. The molecule has 1 heterocycles. The standard InChI is InChI=1S/C16H16N2O5/c1-18(13-4-5-14(21)17-15(13)22)16(23)12-8-10(6-7-19)2-3-11(12)9-20/h2-3,7-9,13H,4-6H2,1H3,(H,17,21,22). The number of likely N-dealkylation sites (N-methyl/N-ethyl adjacent to an activating group) is 1. The lowest BCUT2D eigenvalue weighted by molar-refractivity contribution is -0.136. The van der Waals surface area contributed by atoms with E-state index in [1.54, 1.807) is 6.07 Å². The van der Waals surface area contributed by atoms with Gasteiger partial charge in [0.05, 0.1) is 5.56 Å². The van der Waals surface area contributed by atoms with Crippen molar-refractivity contribution < 1.29 is 24.0 Å². The Morgan fingerprint density at radius 2 is 2.09 bits per heavy atom. The highest BCUT2D eigenvalue weighted by Gasteiger charge is 2.33. The average molecular weight is 316 g/mol. The summed E-state index contributed by atoms with van der Waals surface area (Å²) in [6, 6.07) is 3.77. The van der Waals surface area contributed by atoms with Crippen LogP contribution in [0.3, 0.4) is 0 Å². The highest BCUT2D eigenvalue weighted by Crippen LogP contribution is 2.17. The molecule has 1 unspecified atom stereocenters. The molecular weight excluding hydrogens is 300 g/mol. The number of amides is 3. The maximum Gasteiger partial charge on any atom is 0.255 e. The lowest BCUT2D eigenvalue weighted by Gasteiger charge is -2.30. The van der Waals surface area contributed by atoms with Crippen LogP contribution < -0.4 is 5.32 Å². The predicted molar refractivity (Wildman–Crippen MR) is 79.9 cm³/mol. The highest BCUT2D eigenvalue weighted by molar-refractivity contribution is 6.06. The van der Waals surface area contributed by atoms with Gasteiger partial charge >= 0.3 is 0 Å². The zero-order valence-electron chi connectivity index (χ0n) is 12.6. The number of hydrogen-bond donors (Lipinski definition) is 1. The molecule has 1 aromatic rings. The van der Waals surface area contributed by atoms with E-state index in [1.807, 2.05) is 0 Å². The van der Waals surface area contributed by atoms with Crippen molar-refractivity contribution in [3.8, 4) is 0 Å². The van der Waals surface area contributed by atoms with Crippen LogP contribution in [0.1, 0.15) is 39.1 Å². The van der Waals surface area contributed by atoms with Gasteiger partial charge in [0.1, 0.15) is 12.3 Å². The third-order valence-corrected chi connectivity index (χ3v) is 3.79. The van der Waals surface area contributed by atoms with Gasteiger partial charge in [0.2, 0.25) is 11.8 Å². The van der Waals surface area contributed by atoms with Crippen LogP contribution in [0.2, 0.25) is 0 Å². The molecule has 3 amide bonds. The van der Waals surface area contributed by atoms with Crippen molar-refractivity contribution in [2.75, 3.05) is 7.05 Å². The van der Waals surface area contributed by atoms with Gasteiger partial charge in [-0.15, -0.1) is 0 Å². The summed E-state index contributed by atoms with van der Waals surface area (Å²) in [6.45, 7) is 0. The summed E-state index contributed by atoms with van der Waals surface area (Å²) in [4.78, 5) is 58.6. The molecule has 1 aliphatic rings. The topological polar surface area (TPSA) is 101 Å². The van der Waals surface area contributed by atoms with E-state index < -0.39 is 17.9 Å². The molecule has 1 saturated heterocycles. The van der Waals surface area contributed by atoms with Gasteiger partial charge in [-0.2, -0.15) is 0 Å². The molecule has 1 aromatic carbocycles. The number of piperidine rings is 1. The van der Waals surface area contributed by atoms with E-state index in [-0.39, 0.29) is 36.3 Å². The first-order valence-electron chi connectivity index (χ1n) is 7.10. The summed E-state index contributed by atoms with van der Waals surface area (Å²) >= 11 is 0. The Kier molecular flexibility index (Phi) is 5.00. The van der Waals surface area contributed by atoms with Crippen LogP contribution in [-0.4, -0.2) is 48.3 Å². The third-order valence-electron chi connectivity index (χ3n) is 3.79. The zero-order valence-corrected chi connectivity index (χ0v) is 12.6. The Morgan fingerprint density at radius 1 is 1.35 bits per heavy atom. The lowest BCUT2D eigenvalue weighted by Crippen LogP contribution is -2.53. The molecule has 1 atom stereocenters. The molecule has 1 fully saturated rings. The maximum absolute atomic E-state index is 12.6. The van der Waals surface area contributed by atoms with Crippen molar-refractivity contribution in [3.63, 3.8) is 0 Å². The van der Waals surface area contributed by atoms with Gasteiger partial charge in [0, 0.05) is 25.5 Å². The number of nitrogens with one attached hydrogen (secondary N) is 1. The SMILES string of the molecule is CN(C(=O)c1cc(CC=O)ccc1C=O)C1CCC(=O)NC1=O. The molecule has 7 heteroatoms. The normalized spacial score (nSPS) is 17.3. The Bertz CT molecular complexity index is 683. The number of benzene rings is 1. The summed E-state index contributed by atoms with van der Waals surface area (Å²) in [5.41, 5.74) is 0.918. The smallest absolute Gasteiger partial charge is 0.255 e. The van der Waals surface area contributed by atoms with Crippen LogP contribution in [0.25, 0.3) is 0 Å². The molecule has 23 heavy (non-hydrogen) atoms. The largest absolute Gasteiger partial charge is 0.330 e. The van der Waals surface area contributed by atoms with Crippen molar-refractivity contribution in [2.45, 2.75) is 25.3 Å². The third kappa shape index (κ3) is 3.50. The Balaban J connectivity index is 2.29. The fraction of sp³-hybridized carbons (Fsp3) is 0.312. The zero-order chi connectivity index (χ0) is 17.0. The van der Waals surface area contributed by atoms with Crippen molar-refractivity contribution in [1.29, 1.82) is 0 Å². The van der Waals surface area contributed by atoms with E-state index in [1.165, 1.54) is 24.1 Å². The fourth-order valence-corrected chi connectivity index (χ4v) is 2.50. The van der Waals surface area contributed by atoms with E-state index in [9.17, 15) is 24.0 Å². The number of carbonyl (C=O) groups excluding carboxylic acids is 5. The van der Waals surface area contributed by atoms with Crippen LogP contribution in [0.15, 0.2) is 18.2 Å². The monoisotopic (exact) mass is 316 g/mol. The molecule has 2 rings (SSSR count). The molecule has 120 valence electrons. The molecule has 1 N–H and O–H groups in total. The van der Waals surface area contributed by atoms with Crippen LogP contribution in [0.5, 0.6) is 0 Å². The number of aldehydes is 2. The minimum absolute atomic E-state index is 0.127. The van der Waals surface area contributed by atoms with Crippen LogP contribution in [0, 0.1) is 0 Å². The second-order valence-electron chi connectivity index (χ2n) is 5.29. The summed E-state index contributed by atoms with van der Waals surface area (Å²) in [6.07, 6.45) is 1.77. The van der Waals surface area contributed by atoms with E-state index in [4.69, 9.17) is 0 Å². The van der Waals surface area contributed by atoms with Crippen molar-refractivity contribution >= 4 is 30.3 Å². The van der Waals surface area contributed by atoms with Crippen molar-refractivity contribution in [3.05, 3.63) is 34.9 Å². The first kappa shape index (κ1) is 16.5. The van der Waals surface area contributed by atoms with E-state index >= 15 is 0 Å². The molecule has 0 aliphatic carbocycles. The van der Waals surface area contributed by atoms with Gasteiger partial charge in [-0.1, -0.05) is 12.1 Å². The second-order valence-corrected chi connectivity index (χ2v) is 5.29. The van der Waals surface area contributed by atoms with Gasteiger partial charge in [-0.3, -0.25) is 24.5 Å². The van der Waals surface area contributed by atoms with Gasteiger partial charge in [-0.25, -0.2) is 0 Å². The highest BCUT2D eigenvalue weighted by atomic mass is 16.2. The van der Waals surface area contributed by atoms with Crippen molar-refractivity contribution in [1.82, 2.24) is 10.2 Å². The molecular formula is C16H16N2O5. The number of hydrogen-bond acceptors (Lipinski definition) is 5. The summed E-state index contributed by atoms with van der Waals surface area (Å²) < 4.78 is 0. The summed E-state index contributed by atoms with van der Waals surface area (Å²) in [5.74, 6) is -1.41. The Hall–Kier alpha value is -2.83. The number of nitrogens with zero attached hydrogens (tertiary/aromatic N) is 1. The summed E-state index contributed by atoms with van der Waals surface area (Å²) in [5, 5.41) is 2.19. The second kappa shape index (κ2) is 6.95. The number of imide groups is 1. The molecule has 0 spiro atoms.